The van der Waals surface area contributed by atoms with Gasteiger partial charge in [0.2, 0.25) is 0 Å². The Hall–Kier alpha value is -2.46. The van der Waals surface area contributed by atoms with Gasteiger partial charge in [0.1, 0.15) is 5.82 Å². The van der Waals surface area contributed by atoms with E-state index >= 15 is 0 Å². The lowest BCUT2D eigenvalue weighted by Crippen LogP contribution is -2.10. The third-order valence-electron chi connectivity index (χ3n) is 4.10. The maximum absolute atomic E-state index is 4.81. The minimum atomic E-state index is 0.942. The van der Waals surface area contributed by atoms with Crippen LogP contribution in [-0.4, -0.2) is 24.1 Å². The Morgan fingerprint density at radius 3 is 2.61 bits per heavy atom. The molecule has 23 heavy (non-hydrogen) atoms. The summed E-state index contributed by atoms with van der Waals surface area (Å²) in [7, 11) is 4.08. The van der Waals surface area contributed by atoms with Gasteiger partial charge in [-0.25, -0.2) is 4.98 Å². The average Bonchev–Trinajstić information content (AvgIpc) is 2.99. The third-order valence-corrected chi connectivity index (χ3v) is 5.08. The van der Waals surface area contributed by atoms with Crippen molar-refractivity contribution in [1.29, 1.82) is 0 Å². The Morgan fingerprint density at radius 2 is 1.83 bits per heavy atom. The van der Waals surface area contributed by atoms with Gasteiger partial charge in [0, 0.05) is 36.6 Å². The fourth-order valence-corrected chi connectivity index (χ4v) is 4.12. The molecule has 3 heterocycles. The monoisotopic (exact) mass is 319 g/mol. The summed E-state index contributed by atoms with van der Waals surface area (Å²) >= 11 is 1.74. The molecule has 3 aromatic heterocycles. The van der Waals surface area contributed by atoms with Crippen LogP contribution in [-0.2, 0) is 0 Å². The van der Waals surface area contributed by atoms with E-state index in [1.807, 2.05) is 32.4 Å². The minimum Gasteiger partial charge on any atom is -0.362 e. The van der Waals surface area contributed by atoms with E-state index in [0.717, 1.165) is 16.9 Å². The zero-order valence-corrected chi connectivity index (χ0v) is 14.2. The molecule has 0 amide bonds. The number of pyridine rings is 2. The largest absolute Gasteiger partial charge is 0.362 e. The molecule has 4 aromatic rings. The molecule has 0 fully saturated rings. The number of hydrogen-bond acceptors (Lipinski definition) is 4. The van der Waals surface area contributed by atoms with Gasteiger partial charge in [-0.05, 0) is 30.2 Å². The van der Waals surface area contributed by atoms with Gasteiger partial charge in [0.15, 0.2) is 0 Å². The number of aryl methyl sites for hydroxylation is 1. The summed E-state index contributed by atoms with van der Waals surface area (Å²) in [5.41, 5.74) is 5.71. The van der Waals surface area contributed by atoms with Crippen LogP contribution in [0.15, 0.2) is 48.0 Å². The Morgan fingerprint density at radius 1 is 1.00 bits per heavy atom. The molecule has 0 aliphatic heterocycles. The van der Waals surface area contributed by atoms with E-state index in [-0.39, 0.29) is 0 Å². The van der Waals surface area contributed by atoms with Crippen molar-refractivity contribution in [2.45, 2.75) is 6.92 Å². The van der Waals surface area contributed by atoms with Crippen LogP contribution in [0.3, 0.4) is 0 Å². The van der Waals surface area contributed by atoms with Crippen LogP contribution >= 0.6 is 11.3 Å². The molecule has 0 saturated carbocycles. The zero-order chi connectivity index (χ0) is 16.0. The van der Waals surface area contributed by atoms with Crippen molar-refractivity contribution >= 4 is 38.3 Å². The second kappa shape index (κ2) is 5.32. The third kappa shape index (κ3) is 2.18. The second-order valence-corrected chi connectivity index (χ2v) is 6.75. The summed E-state index contributed by atoms with van der Waals surface area (Å²) < 4.78 is 1.19. The average molecular weight is 319 g/mol. The fraction of sp³-hybridized carbons (Fsp3) is 0.158. The van der Waals surface area contributed by atoms with Crippen LogP contribution in [0.25, 0.3) is 32.2 Å². The molecule has 3 nitrogen and oxygen atoms in total. The zero-order valence-electron chi connectivity index (χ0n) is 13.4. The van der Waals surface area contributed by atoms with E-state index in [9.17, 15) is 0 Å². The first-order chi connectivity index (χ1) is 11.2. The maximum Gasteiger partial charge on any atom is 0.146 e. The summed E-state index contributed by atoms with van der Waals surface area (Å²) in [4.78, 5) is 11.5. The molecule has 0 spiro atoms. The predicted molar refractivity (Wildman–Crippen MR) is 99.4 cm³/mol. The number of anilines is 1. The summed E-state index contributed by atoms with van der Waals surface area (Å²) in [5, 5.41) is 3.44. The van der Waals surface area contributed by atoms with Crippen molar-refractivity contribution in [2.75, 3.05) is 19.0 Å². The summed E-state index contributed by atoms with van der Waals surface area (Å²) in [6, 6.07) is 12.5. The number of rotatable bonds is 2. The lowest BCUT2D eigenvalue weighted by atomic mass is 9.99. The van der Waals surface area contributed by atoms with E-state index in [1.165, 1.54) is 26.8 Å². The van der Waals surface area contributed by atoms with Crippen molar-refractivity contribution in [3.8, 4) is 11.1 Å². The first kappa shape index (κ1) is 14.2. The molecule has 0 aliphatic rings. The predicted octanol–water partition coefficient (Wildman–Crippen LogP) is 4.89. The van der Waals surface area contributed by atoms with Gasteiger partial charge in [-0.3, -0.25) is 4.98 Å². The van der Waals surface area contributed by atoms with Crippen LogP contribution < -0.4 is 4.90 Å². The van der Waals surface area contributed by atoms with Gasteiger partial charge in [-0.15, -0.1) is 11.3 Å². The number of hydrogen-bond donors (Lipinski definition) is 0. The number of thiophene rings is 1. The van der Waals surface area contributed by atoms with E-state index < -0.39 is 0 Å². The quantitative estimate of drug-likeness (QED) is 0.527. The normalized spacial score (nSPS) is 11.3. The van der Waals surface area contributed by atoms with Gasteiger partial charge in [-0.2, -0.15) is 0 Å². The number of aromatic nitrogens is 2. The maximum atomic E-state index is 4.81. The van der Waals surface area contributed by atoms with Crippen LogP contribution in [0, 0.1) is 6.92 Å². The van der Waals surface area contributed by atoms with Gasteiger partial charge in [0.05, 0.1) is 15.7 Å². The molecule has 0 radical (unpaired) electrons. The molecule has 1 aromatic carbocycles. The van der Waals surface area contributed by atoms with Crippen LogP contribution in [0.5, 0.6) is 0 Å². The summed E-state index contributed by atoms with van der Waals surface area (Å²) in [5.74, 6) is 1.00. The van der Waals surface area contributed by atoms with E-state index in [2.05, 4.69) is 46.5 Å². The Balaban J connectivity index is 2.18. The standard InChI is InChI=1S/C19H17N3S/c1-12-7-4-5-8-13(12)14-11-23-18-16(14)17-15(9-6-10-20-17)21-19(18)22(2)3/h4-11H,1-3H3. The highest BCUT2D eigenvalue weighted by Crippen LogP contribution is 2.42. The molecule has 0 N–H and O–H groups in total. The summed E-state index contributed by atoms with van der Waals surface area (Å²) in [6.45, 7) is 2.16. The molecule has 0 unspecified atom stereocenters. The van der Waals surface area contributed by atoms with Gasteiger partial charge >= 0.3 is 0 Å². The first-order valence-electron chi connectivity index (χ1n) is 7.56. The van der Waals surface area contributed by atoms with Crippen molar-refractivity contribution in [2.24, 2.45) is 0 Å². The molecule has 4 heteroatoms. The minimum absolute atomic E-state index is 0.942. The second-order valence-electron chi connectivity index (χ2n) is 5.87. The molecule has 0 atom stereocenters. The highest BCUT2D eigenvalue weighted by atomic mass is 32.1. The number of fused-ring (bicyclic) bond motifs is 3. The van der Waals surface area contributed by atoms with Gasteiger partial charge < -0.3 is 4.90 Å². The molecule has 0 saturated heterocycles. The molecule has 4 rings (SSSR count). The SMILES string of the molecule is Cc1ccccc1-c1csc2c(N(C)C)nc3cccnc3c12. The summed E-state index contributed by atoms with van der Waals surface area (Å²) in [6.07, 6.45) is 1.85. The fourth-order valence-electron chi connectivity index (χ4n) is 2.98. The molecule has 0 aliphatic carbocycles. The topological polar surface area (TPSA) is 29.0 Å². The lowest BCUT2D eigenvalue weighted by molar-refractivity contribution is 1.10. The highest BCUT2D eigenvalue weighted by molar-refractivity contribution is 7.18. The van der Waals surface area contributed by atoms with Crippen LogP contribution in [0.2, 0.25) is 0 Å². The number of nitrogens with zero attached hydrogens (tertiary/aromatic N) is 3. The molecule has 0 bridgehead atoms. The van der Waals surface area contributed by atoms with Gasteiger partial charge in [0.25, 0.3) is 0 Å². The van der Waals surface area contributed by atoms with E-state index in [1.54, 1.807) is 11.3 Å². The molecular weight excluding hydrogens is 302 g/mol. The Kier molecular flexibility index (Phi) is 3.27. The van der Waals surface area contributed by atoms with Crippen LogP contribution in [0.4, 0.5) is 5.82 Å². The Labute approximate surface area is 139 Å². The van der Waals surface area contributed by atoms with Crippen molar-refractivity contribution < 1.29 is 0 Å². The molecular formula is C19H17N3S. The lowest BCUT2D eigenvalue weighted by Gasteiger charge is -2.14. The highest BCUT2D eigenvalue weighted by Gasteiger charge is 2.17. The smallest absolute Gasteiger partial charge is 0.146 e. The van der Waals surface area contributed by atoms with Crippen molar-refractivity contribution in [3.05, 3.63) is 53.5 Å². The van der Waals surface area contributed by atoms with Crippen molar-refractivity contribution in [1.82, 2.24) is 9.97 Å². The Bertz CT molecular complexity index is 1020. The van der Waals surface area contributed by atoms with E-state index in [0.29, 0.717) is 0 Å². The number of benzene rings is 1. The van der Waals surface area contributed by atoms with E-state index in [4.69, 9.17) is 4.98 Å². The van der Waals surface area contributed by atoms with Crippen molar-refractivity contribution in [3.63, 3.8) is 0 Å². The molecule has 114 valence electrons. The van der Waals surface area contributed by atoms with Crippen LogP contribution in [0.1, 0.15) is 5.56 Å². The van der Waals surface area contributed by atoms with Gasteiger partial charge in [-0.1, -0.05) is 24.3 Å². The first-order valence-corrected chi connectivity index (χ1v) is 8.44.